The summed E-state index contributed by atoms with van der Waals surface area (Å²) < 4.78 is 26.8. The van der Waals surface area contributed by atoms with Crippen molar-refractivity contribution in [1.82, 2.24) is 0 Å². The molecule has 6 nitrogen and oxygen atoms in total. The molecule has 0 amide bonds. The van der Waals surface area contributed by atoms with Gasteiger partial charge in [0.2, 0.25) is 0 Å². The fourth-order valence-corrected chi connectivity index (χ4v) is 0.939. The second kappa shape index (κ2) is 4.97. The van der Waals surface area contributed by atoms with Crippen LogP contribution in [0, 0.1) is 0 Å². The standard InChI is InChI=1S/C6H12FO6P/c1-2-3-5(8)6(7,9)4-13-14(10,11)12/h2-3,5,8-9H,4H2,1H3,(H2,10,11,12)/t5-,6+/m0/s1. The zero-order valence-corrected chi connectivity index (χ0v) is 8.26. The van der Waals surface area contributed by atoms with E-state index in [0.29, 0.717) is 0 Å². The highest BCUT2D eigenvalue weighted by atomic mass is 31.2. The first-order valence-electron chi connectivity index (χ1n) is 3.61. The first kappa shape index (κ1) is 13.7. The summed E-state index contributed by atoms with van der Waals surface area (Å²) in [4.78, 5) is 16.4. The van der Waals surface area contributed by atoms with Crippen molar-refractivity contribution in [3.8, 4) is 0 Å². The largest absolute Gasteiger partial charge is 0.469 e. The molecule has 14 heavy (non-hydrogen) atoms. The van der Waals surface area contributed by atoms with Crippen LogP contribution < -0.4 is 0 Å². The molecule has 0 heterocycles. The smallest absolute Gasteiger partial charge is 0.383 e. The second-order valence-electron chi connectivity index (χ2n) is 2.55. The van der Waals surface area contributed by atoms with Crippen LogP contribution in [0.5, 0.6) is 0 Å². The van der Waals surface area contributed by atoms with Crippen LogP contribution in [-0.2, 0) is 9.09 Å². The van der Waals surface area contributed by atoms with Gasteiger partial charge in [-0.25, -0.2) is 8.96 Å². The maximum absolute atomic E-state index is 13.0. The minimum atomic E-state index is -4.86. The summed E-state index contributed by atoms with van der Waals surface area (Å²) in [5, 5.41) is 17.8. The molecule has 0 aliphatic rings. The average molecular weight is 230 g/mol. The first-order valence-corrected chi connectivity index (χ1v) is 5.14. The van der Waals surface area contributed by atoms with E-state index in [0.717, 1.165) is 6.08 Å². The molecule has 0 aliphatic carbocycles. The van der Waals surface area contributed by atoms with Crippen molar-refractivity contribution >= 4 is 7.82 Å². The lowest BCUT2D eigenvalue weighted by Gasteiger charge is -2.22. The van der Waals surface area contributed by atoms with Crippen LogP contribution >= 0.6 is 7.82 Å². The third-order valence-electron chi connectivity index (χ3n) is 1.26. The van der Waals surface area contributed by atoms with Crippen LogP contribution in [0.2, 0.25) is 0 Å². The van der Waals surface area contributed by atoms with Crippen LogP contribution in [0.3, 0.4) is 0 Å². The fraction of sp³-hybridized carbons (Fsp3) is 0.667. The Labute approximate surface area is 79.9 Å². The number of alkyl halides is 1. The number of aliphatic hydroxyl groups is 2. The van der Waals surface area contributed by atoms with Crippen LogP contribution in [0.1, 0.15) is 6.92 Å². The molecule has 2 atom stereocenters. The minimum Gasteiger partial charge on any atom is -0.383 e. The number of phosphoric acid groups is 1. The molecule has 0 radical (unpaired) electrons. The zero-order chi connectivity index (χ0) is 11.4. The Morgan fingerprint density at radius 1 is 1.64 bits per heavy atom. The molecule has 0 aromatic rings. The van der Waals surface area contributed by atoms with Gasteiger partial charge in [-0.2, -0.15) is 0 Å². The number of rotatable bonds is 5. The molecule has 84 valence electrons. The lowest BCUT2D eigenvalue weighted by atomic mass is 10.2. The third-order valence-corrected chi connectivity index (χ3v) is 1.73. The Hall–Kier alpha value is -0.300. The summed E-state index contributed by atoms with van der Waals surface area (Å²) in [6.45, 7) is 0.159. The molecule has 0 saturated heterocycles. The molecule has 0 aromatic carbocycles. The SMILES string of the molecule is CC=C[C@H](O)[C@@](O)(F)COP(=O)(O)O. The van der Waals surface area contributed by atoms with E-state index in [2.05, 4.69) is 4.52 Å². The van der Waals surface area contributed by atoms with E-state index in [1.54, 1.807) is 0 Å². The van der Waals surface area contributed by atoms with E-state index in [-0.39, 0.29) is 0 Å². The second-order valence-corrected chi connectivity index (χ2v) is 3.79. The maximum Gasteiger partial charge on any atom is 0.469 e. The number of phosphoric ester groups is 1. The monoisotopic (exact) mass is 230 g/mol. The van der Waals surface area contributed by atoms with Crippen molar-refractivity contribution in [2.45, 2.75) is 18.9 Å². The van der Waals surface area contributed by atoms with Crippen molar-refractivity contribution in [3.63, 3.8) is 0 Å². The van der Waals surface area contributed by atoms with Crippen LogP contribution in [0.15, 0.2) is 12.2 Å². The molecule has 0 saturated carbocycles. The highest BCUT2D eigenvalue weighted by Gasteiger charge is 2.36. The predicted molar refractivity (Wildman–Crippen MR) is 44.9 cm³/mol. The molecule has 0 aromatic heterocycles. The Morgan fingerprint density at radius 3 is 2.50 bits per heavy atom. The Bertz CT molecular complexity index is 247. The summed E-state index contributed by atoms with van der Waals surface area (Å²) in [6, 6.07) is 0. The van der Waals surface area contributed by atoms with Crippen molar-refractivity contribution in [2.75, 3.05) is 6.61 Å². The number of hydrogen-bond acceptors (Lipinski definition) is 4. The van der Waals surface area contributed by atoms with Gasteiger partial charge in [0, 0.05) is 0 Å². The average Bonchev–Trinajstić information content (AvgIpc) is 2.00. The summed E-state index contributed by atoms with van der Waals surface area (Å²) in [6.07, 6.45) is 0.287. The van der Waals surface area contributed by atoms with Gasteiger partial charge in [-0.1, -0.05) is 12.2 Å². The number of allylic oxidation sites excluding steroid dienone is 1. The summed E-state index contributed by atoms with van der Waals surface area (Å²) in [5.41, 5.74) is 0. The fourth-order valence-electron chi connectivity index (χ4n) is 0.590. The molecule has 0 unspecified atom stereocenters. The third kappa shape index (κ3) is 5.43. The summed E-state index contributed by atoms with van der Waals surface area (Å²) in [7, 11) is -4.86. The molecule has 0 bridgehead atoms. The lowest BCUT2D eigenvalue weighted by Crippen LogP contribution is -2.40. The Balaban J connectivity index is 4.27. The lowest BCUT2D eigenvalue weighted by molar-refractivity contribution is -0.174. The van der Waals surface area contributed by atoms with E-state index in [1.807, 2.05) is 0 Å². The first-order chi connectivity index (χ1) is 6.19. The van der Waals surface area contributed by atoms with Gasteiger partial charge in [0.25, 0.3) is 5.85 Å². The molecule has 0 fully saturated rings. The number of aliphatic hydroxyl groups excluding tert-OH is 1. The van der Waals surface area contributed by atoms with Gasteiger partial charge in [0.1, 0.15) is 12.7 Å². The van der Waals surface area contributed by atoms with Crippen molar-refractivity contribution in [2.24, 2.45) is 0 Å². The Morgan fingerprint density at radius 2 is 2.14 bits per heavy atom. The van der Waals surface area contributed by atoms with E-state index in [1.165, 1.54) is 13.0 Å². The van der Waals surface area contributed by atoms with E-state index >= 15 is 0 Å². The van der Waals surface area contributed by atoms with Crippen molar-refractivity contribution in [1.29, 1.82) is 0 Å². The van der Waals surface area contributed by atoms with Gasteiger partial charge in [-0.05, 0) is 6.92 Å². The highest BCUT2D eigenvalue weighted by Crippen LogP contribution is 2.37. The quantitative estimate of drug-likeness (QED) is 0.381. The van der Waals surface area contributed by atoms with Gasteiger partial charge in [0.15, 0.2) is 0 Å². The van der Waals surface area contributed by atoms with Crippen LogP contribution in [-0.4, -0.2) is 38.6 Å². The van der Waals surface area contributed by atoms with Gasteiger partial charge < -0.3 is 20.0 Å². The van der Waals surface area contributed by atoms with Crippen molar-refractivity contribution < 1.29 is 33.5 Å². The highest BCUT2D eigenvalue weighted by molar-refractivity contribution is 7.46. The van der Waals surface area contributed by atoms with Gasteiger partial charge in [-0.3, -0.25) is 4.52 Å². The number of hydrogen-bond donors (Lipinski definition) is 4. The minimum absolute atomic E-state index is 0.920. The molecule has 0 rings (SSSR count). The predicted octanol–water partition coefficient (Wildman–Crippen LogP) is -0.309. The zero-order valence-electron chi connectivity index (χ0n) is 7.37. The molecule has 8 heteroatoms. The van der Waals surface area contributed by atoms with E-state index < -0.39 is 26.4 Å². The van der Waals surface area contributed by atoms with E-state index in [9.17, 15) is 8.96 Å². The summed E-state index contributed by atoms with van der Waals surface area (Å²) in [5.74, 6) is -3.23. The van der Waals surface area contributed by atoms with Crippen molar-refractivity contribution in [3.05, 3.63) is 12.2 Å². The molecule has 4 N–H and O–H groups in total. The molecular weight excluding hydrogens is 218 g/mol. The van der Waals surface area contributed by atoms with E-state index in [4.69, 9.17) is 20.0 Å². The summed E-state index contributed by atoms with van der Waals surface area (Å²) >= 11 is 0. The maximum atomic E-state index is 13.0. The molecule has 0 spiro atoms. The molecular formula is C6H12FO6P. The number of halogens is 1. The normalized spacial score (nSPS) is 19.6. The molecule has 0 aliphatic heterocycles. The van der Waals surface area contributed by atoms with Crippen LogP contribution in [0.25, 0.3) is 0 Å². The van der Waals surface area contributed by atoms with Gasteiger partial charge in [0.05, 0.1) is 0 Å². The van der Waals surface area contributed by atoms with Gasteiger partial charge >= 0.3 is 7.82 Å². The van der Waals surface area contributed by atoms with Crippen LogP contribution in [0.4, 0.5) is 4.39 Å². The Kier molecular flexibility index (Phi) is 4.87. The van der Waals surface area contributed by atoms with Gasteiger partial charge in [-0.15, -0.1) is 0 Å². The topological polar surface area (TPSA) is 107 Å².